The molecular formula is C89H152O17P2. The van der Waals surface area contributed by atoms with Crippen LogP contribution in [0.5, 0.6) is 0 Å². The van der Waals surface area contributed by atoms with Gasteiger partial charge in [0.05, 0.1) is 26.4 Å². The smallest absolute Gasteiger partial charge is 0.462 e. The Kier molecular flexibility index (Phi) is 76.7. The van der Waals surface area contributed by atoms with Gasteiger partial charge < -0.3 is 33.8 Å². The Morgan fingerprint density at radius 2 is 0.481 bits per heavy atom. The third kappa shape index (κ3) is 79.3. The topological polar surface area (TPSA) is 237 Å². The predicted molar refractivity (Wildman–Crippen MR) is 445 cm³/mol. The number of unbranched alkanes of at least 4 members (excludes halogenated alkanes) is 31. The van der Waals surface area contributed by atoms with Gasteiger partial charge in [0.25, 0.3) is 0 Å². The molecule has 620 valence electrons. The highest BCUT2D eigenvalue weighted by Crippen LogP contribution is 2.45. The zero-order chi connectivity index (χ0) is 78.9. The fourth-order valence-electron chi connectivity index (χ4n) is 11.3. The molecule has 3 N–H and O–H groups in total. The second-order valence-corrected chi connectivity index (χ2v) is 30.9. The molecule has 0 rings (SSSR count). The van der Waals surface area contributed by atoms with Crippen molar-refractivity contribution in [1.82, 2.24) is 0 Å². The number of allylic oxidation sites excluding steroid dienone is 22. The Balaban J connectivity index is 5.40. The van der Waals surface area contributed by atoms with Crippen LogP contribution in [0.4, 0.5) is 0 Å². The molecule has 0 heterocycles. The van der Waals surface area contributed by atoms with Gasteiger partial charge >= 0.3 is 39.5 Å². The molecule has 17 nitrogen and oxygen atoms in total. The largest absolute Gasteiger partial charge is 0.472 e. The van der Waals surface area contributed by atoms with Crippen molar-refractivity contribution >= 4 is 39.5 Å². The van der Waals surface area contributed by atoms with Crippen molar-refractivity contribution in [2.45, 2.75) is 367 Å². The van der Waals surface area contributed by atoms with E-state index in [4.69, 9.17) is 37.0 Å². The molecule has 0 saturated heterocycles. The third-order valence-electron chi connectivity index (χ3n) is 17.6. The number of carbonyl (C=O) groups excluding carboxylic acids is 4. The number of aliphatic hydroxyl groups excluding tert-OH is 1. The van der Waals surface area contributed by atoms with Gasteiger partial charge in [-0.1, -0.05) is 322 Å². The number of phosphoric acid groups is 2. The lowest BCUT2D eigenvalue weighted by atomic mass is 10.0. The van der Waals surface area contributed by atoms with Crippen molar-refractivity contribution in [3.63, 3.8) is 0 Å². The summed E-state index contributed by atoms with van der Waals surface area (Å²) in [5, 5.41) is 10.7. The van der Waals surface area contributed by atoms with E-state index in [2.05, 4.69) is 161 Å². The maximum absolute atomic E-state index is 13.1. The highest BCUT2D eigenvalue weighted by Gasteiger charge is 2.30. The number of esters is 4. The van der Waals surface area contributed by atoms with E-state index in [9.17, 15) is 43.2 Å². The number of aliphatic hydroxyl groups is 1. The van der Waals surface area contributed by atoms with Gasteiger partial charge in [-0.15, -0.1) is 0 Å². The molecule has 5 unspecified atom stereocenters. The van der Waals surface area contributed by atoms with E-state index in [0.717, 1.165) is 205 Å². The minimum atomic E-state index is -4.99. The molecule has 0 amide bonds. The van der Waals surface area contributed by atoms with Crippen LogP contribution >= 0.6 is 15.6 Å². The summed E-state index contributed by atoms with van der Waals surface area (Å²) in [6, 6.07) is 0. The summed E-state index contributed by atoms with van der Waals surface area (Å²) >= 11 is 0. The van der Waals surface area contributed by atoms with Gasteiger partial charge in [-0.3, -0.25) is 37.3 Å². The minimum absolute atomic E-state index is 0.0755. The lowest BCUT2D eigenvalue weighted by molar-refractivity contribution is -0.161. The molecule has 108 heavy (non-hydrogen) atoms. The normalized spacial score (nSPS) is 14.5. The van der Waals surface area contributed by atoms with Crippen molar-refractivity contribution in [1.29, 1.82) is 0 Å². The maximum Gasteiger partial charge on any atom is 0.472 e. The van der Waals surface area contributed by atoms with Gasteiger partial charge in [-0.05, 0) is 135 Å². The van der Waals surface area contributed by atoms with Crippen LogP contribution in [-0.2, 0) is 65.4 Å². The second kappa shape index (κ2) is 80.3. The molecule has 0 spiro atoms. The first-order valence-electron chi connectivity index (χ1n) is 42.4. The second-order valence-electron chi connectivity index (χ2n) is 28.0. The van der Waals surface area contributed by atoms with E-state index < -0.39 is 97.5 Å². The maximum atomic E-state index is 13.1. The Morgan fingerprint density at radius 3 is 0.741 bits per heavy atom. The van der Waals surface area contributed by atoms with Gasteiger partial charge in [0, 0.05) is 25.7 Å². The number of rotatable bonds is 79. The molecule has 5 atom stereocenters. The van der Waals surface area contributed by atoms with Crippen LogP contribution in [0.2, 0.25) is 0 Å². The lowest BCUT2D eigenvalue weighted by Crippen LogP contribution is -2.30. The summed E-state index contributed by atoms with van der Waals surface area (Å²) in [6.45, 7) is 4.54. The third-order valence-corrected chi connectivity index (χ3v) is 19.5. The average molecular weight is 1560 g/mol. The molecule has 0 aromatic carbocycles. The van der Waals surface area contributed by atoms with Crippen LogP contribution in [0.1, 0.15) is 349 Å². The van der Waals surface area contributed by atoms with E-state index in [0.29, 0.717) is 25.7 Å². The van der Waals surface area contributed by atoms with Crippen molar-refractivity contribution < 1.29 is 80.2 Å². The highest BCUT2D eigenvalue weighted by molar-refractivity contribution is 7.47. The first kappa shape index (κ1) is 103. The van der Waals surface area contributed by atoms with Gasteiger partial charge in [0.1, 0.15) is 19.3 Å². The highest BCUT2D eigenvalue weighted by atomic mass is 31.2. The first-order chi connectivity index (χ1) is 52.7. The molecule has 0 aromatic heterocycles. The average Bonchev–Trinajstić information content (AvgIpc) is 0.901. The van der Waals surface area contributed by atoms with Gasteiger partial charge in [0.2, 0.25) is 0 Å². The number of ether oxygens (including phenoxy) is 4. The first-order valence-corrected chi connectivity index (χ1v) is 45.4. The summed E-state index contributed by atoms with van der Waals surface area (Å²) in [4.78, 5) is 73.3. The summed E-state index contributed by atoms with van der Waals surface area (Å²) < 4.78 is 68.8. The Bertz CT molecular complexity index is 2560. The molecule has 0 aliphatic carbocycles. The van der Waals surface area contributed by atoms with Gasteiger partial charge in [-0.25, -0.2) is 9.13 Å². The van der Waals surface area contributed by atoms with E-state index in [1.807, 2.05) is 0 Å². The zero-order valence-corrected chi connectivity index (χ0v) is 69.8. The number of hydrogen-bond donors (Lipinski definition) is 3. The fraction of sp³-hybridized carbons (Fsp3) is 0.708. The van der Waals surface area contributed by atoms with Crippen molar-refractivity contribution in [3.8, 4) is 0 Å². The fourth-order valence-corrected chi connectivity index (χ4v) is 12.9. The standard InChI is InChI=1S/C89H152O17P2/c1-5-9-13-17-21-25-29-33-37-40-41-44-47-50-54-58-62-66-70-74-87(92)100-79-84(105-88(93)75-71-67-63-59-55-51-45-36-32-28-24-20-16-12-8-4)81-103-107(95,96)101-77-83(90)78-102-108(97,98)104-82-85(106-89(94)76-72-68-64-60-56-52-48-43-39-35-31-27-23-19-15-11-7-3)80-99-86(91)73-69-65-61-57-53-49-46-42-38-34-30-26-22-18-14-10-6-2/h9-11,13-15,21-23,25-27,33-35,37-39,41,44,46,49,83-85,90H,5-8,12,16-20,24,28-32,36,40,42-43,45,47-48,50-82H2,1-4H3,(H,95,96)(H,97,98)/b13-9-,14-10-,15-11-,25-21-,26-22-,27-23-,37-33-,38-34-,39-35-,44-41-,49-46-. The number of hydrogen-bond acceptors (Lipinski definition) is 15. The van der Waals surface area contributed by atoms with E-state index in [-0.39, 0.29) is 25.7 Å². The van der Waals surface area contributed by atoms with Gasteiger partial charge in [-0.2, -0.15) is 0 Å². The summed E-state index contributed by atoms with van der Waals surface area (Å²) in [5.41, 5.74) is 0. The SMILES string of the molecule is CC/C=C\C/C=C\C/C=C\C/C=C\CCCCCCCCC(=O)OCC(COP(=O)(O)OCC(O)COP(=O)(O)OCC(COC(=O)CCCCCC/C=C\C/C=C\C/C=C\C/C=C\CC)OC(=O)CCCCCCCCC/C=C\C/C=C\C/C=C\CC)OC(=O)CCCCCCCCCCCCCCCCC. The molecule has 0 fully saturated rings. The Labute approximate surface area is 656 Å². The van der Waals surface area contributed by atoms with E-state index in [1.165, 1.54) is 64.2 Å². The van der Waals surface area contributed by atoms with Crippen LogP contribution in [0.25, 0.3) is 0 Å². The summed E-state index contributed by atoms with van der Waals surface area (Å²) in [7, 11) is -9.98. The van der Waals surface area contributed by atoms with Crippen LogP contribution < -0.4 is 0 Å². The van der Waals surface area contributed by atoms with E-state index >= 15 is 0 Å². The molecule has 0 aromatic rings. The molecule has 0 bridgehead atoms. The Morgan fingerprint density at radius 1 is 0.269 bits per heavy atom. The quantitative estimate of drug-likeness (QED) is 0.0169. The molecule has 19 heteroatoms. The molecule has 0 aliphatic heterocycles. The predicted octanol–water partition coefficient (Wildman–Crippen LogP) is 25.2. The molecule has 0 saturated carbocycles. The number of phosphoric ester groups is 2. The van der Waals surface area contributed by atoms with Crippen LogP contribution in [0.3, 0.4) is 0 Å². The van der Waals surface area contributed by atoms with Crippen LogP contribution in [0.15, 0.2) is 134 Å². The van der Waals surface area contributed by atoms with Crippen molar-refractivity contribution in [3.05, 3.63) is 134 Å². The minimum Gasteiger partial charge on any atom is -0.462 e. The summed E-state index contributed by atoms with van der Waals surface area (Å²) in [5.74, 6) is -2.21. The van der Waals surface area contributed by atoms with Crippen molar-refractivity contribution in [2.75, 3.05) is 39.6 Å². The lowest BCUT2D eigenvalue weighted by Gasteiger charge is -2.21. The van der Waals surface area contributed by atoms with E-state index in [1.54, 1.807) is 0 Å². The Hall–Kier alpha value is -4.80. The summed E-state index contributed by atoms with van der Waals surface area (Å²) in [6.07, 6.45) is 91.2. The number of carbonyl (C=O) groups is 4. The van der Waals surface area contributed by atoms with Crippen LogP contribution in [-0.4, -0.2) is 96.7 Å². The monoisotopic (exact) mass is 1560 g/mol. The molecule has 0 radical (unpaired) electrons. The van der Waals surface area contributed by atoms with Gasteiger partial charge in [0.15, 0.2) is 12.2 Å². The zero-order valence-electron chi connectivity index (χ0n) is 68.0. The molecule has 0 aliphatic rings. The van der Waals surface area contributed by atoms with Crippen LogP contribution in [0, 0.1) is 0 Å². The van der Waals surface area contributed by atoms with Crippen molar-refractivity contribution in [2.24, 2.45) is 0 Å². The molecular weight excluding hydrogens is 1400 g/mol.